The molecule has 2 amide bonds. The molecule has 14 heteroatoms. The van der Waals surface area contributed by atoms with E-state index in [0.29, 0.717) is 12.1 Å². The minimum absolute atomic E-state index is 0.0542. The molecule has 1 aliphatic rings. The third-order valence-electron chi connectivity index (χ3n) is 4.63. The number of carbonyl (C=O) groups is 2. The maximum absolute atomic E-state index is 13.3. The third kappa shape index (κ3) is 4.55. The summed E-state index contributed by atoms with van der Waals surface area (Å²) in [6.45, 7) is -0.906. The van der Waals surface area contributed by atoms with E-state index in [9.17, 15) is 35.9 Å². The second-order valence-electron chi connectivity index (χ2n) is 6.80. The Morgan fingerprint density at radius 3 is 2.12 bits per heavy atom. The van der Waals surface area contributed by atoms with Gasteiger partial charge in [-0.1, -0.05) is 9.71 Å². The zero-order valence-electron chi connectivity index (χ0n) is 16.6. The molecule has 33 heavy (non-hydrogen) atoms. The third-order valence-corrected chi connectivity index (χ3v) is 4.63. The van der Waals surface area contributed by atoms with Crippen LogP contribution in [-0.2, 0) is 28.4 Å². The number of nitrogens with two attached hydrogens (primary N) is 1. The van der Waals surface area contributed by atoms with Crippen molar-refractivity contribution in [1.29, 1.82) is 0 Å². The van der Waals surface area contributed by atoms with Gasteiger partial charge in [-0.05, 0) is 30.3 Å². The summed E-state index contributed by atoms with van der Waals surface area (Å²) >= 11 is 0. The lowest BCUT2D eigenvalue weighted by Gasteiger charge is -2.25. The summed E-state index contributed by atoms with van der Waals surface area (Å²) in [6, 6.07) is 2.29. The van der Waals surface area contributed by atoms with Gasteiger partial charge in [0.25, 0.3) is 0 Å². The molecule has 1 aromatic heterocycles. The molecule has 174 valence electrons. The van der Waals surface area contributed by atoms with E-state index in [1.807, 2.05) is 0 Å². The maximum atomic E-state index is 13.3. The topological polar surface area (TPSA) is 107 Å². The van der Waals surface area contributed by atoms with Gasteiger partial charge in [-0.15, -0.1) is 0 Å². The Kier molecular flexibility index (Phi) is 5.98. The van der Waals surface area contributed by atoms with Crippen molar-refractivity contribution in [1.82, 2.24) is 4.98 Å². The van der Waals surface area contributed by atoms with Gasteiger partial charge in [0.1, 0.15) is 6.54 Å². The first kappa shape index (κ1) is 23.8. The van der Waals surface area contributed by atoms with Gasteiger partial charge in [-0.25, -0.2) is 9.59 Å². The summed E-state index contributed by atoms with van der Waals surface area (Å²) in [7, 11) is 1.01. The first-order chi connectivity index (χ1) is 15.3. The lowest BCUT2D eigenvalue weighted by molar-refractivity contribution is -0.799. The number of quaternary nitrogens is 1. The molecule has 3 rings (SSSR count). The predicted octanol–water partition coefficient (Wildman–Crippen LogP) is 4.44. The van der Waals surface area contributed by atoms with Crippen LogP contribution >= 0.6 is 0 Å². The van der Waals surface area contributed by atoms with E-state index in [4.69, 9.17) is 5.73 Å². The van der Waals surface area contributed by atoms with Crippen molar-refractivity contribution < 1.29 is 45.3 Å². The molecule has 0 radical (unpaired) electrons. The Morgan fingerprint density at radius 2 is 1.67 bits per heavy atom. The first-order valence-corrected chi connectivity index (χ1v) is 8.93. The first-order valence-electron chi connectivity index (χ1n) is 8.93. The van der Waals surface area contributed by atoms with E-state index in [1.54, 1.807) is 0 Å². The number of ether oxygens (including phenoxy) is 1. The van der Waals surface area contributed by atoms with E-state index < -0.39 is 57.9 Å². The summed E-state index contributed by atoms with van der Waals surface area (Å²) < 4.78 is 82.8. The van der Waals surface area contributed by atoms with Gasteiger partial charge < -0.3 is 10.5 Å². The second kappa shape index (κ2) is 8.27. The summed E-state index contributed by atoms with van der Waals surface area (Å²) in [5.41, 5.74) is 0.979. The molecule has 0 spiro atoms. The van der Waals surface area contributed by atoms with Crippen LogP contribution in [0, 0.1) is 0 Å². The number of aromatic nitrogens is 1. The molecule has 1 aromatic carbocycles. The highest BCUT2D eigenvalue weighted by Gasteiger charge is 2.51. The van der Waals surface area contributed by atoms with Crippen LogP contribution in [0.25, 0.3) is 5.70 Å². The number of hydrogen-bond donors (Lipinski definition) is 1. The van der Waals surface area contributed by atoms with Crippen molar-refractivity contribution in [3.05, 3.63) is 70.7 Å². The van der Waals surface area contributed by atoms with Gasteiger partial charge >= 0.3 is 24.4 Å². The molecule has 0 saturated heterocycles. The quantitative estimate of drug-likeness (QED) is 0.402. The van der Waals surface area contributed by atoms with Crippen molar-refractivity contribution in [2.75, 3.05) is 7.11 Å². The molecule has 1 unspecified atom stereocenters. The Hall–Kier alpha value is -3.81. The predicted molar refractivity (Wildman–Crippen MR) is 98.0 cm³/mol. The van der Waals surface area contributed by atoms with Gasteiger partial charge in [0.15, 0.2) is 0 Å². The van der Waals surface area contributed by atoms with Crippen molar-refractivity contribution in [3.63, 3.8) is 0 Å². The number of primary amides is 1. The van der Waals surface area contributed by atoms with E-state index in [1.165, 1.54) is 24.5 Å². The number of carbonyl (C=O) groups excluding carboxylic acids is 2. The fourth-order valence-corrected chi connectivity index (χ4v) is 3.19. The molecule has 0 fully saturated rings. The molecule has 0 aliphatic carbocycles. The number of esters is 1. The van der Waals surface area contributed by atoms with Crippen LogP contribution in [0.4, 0.5) is 31.1 Å². The van der Waals surface area contributed by atoms with Crippen LogP contribution in [0.5, 0.6) is 0 Å². The number of amides is 2. The van der Waals surface area contributed by atoms with Crippen molar-refractivity contribution in [2.45, 2.75) is 18.9 Å². The molecule has 1 atom stereocenters. The molecule has 2 N–H and O–H groups in total. The Morgan fingerprint density at radius 1 is 1.06 bits per heavy atom. The zero-order chi connectivity index (χ0) is 24.6. The van der Waals surface area contributed by atoms with E-state index in [2.05, 4.69) is 20.1 Å². The molecule has 0 saturated carbocycles. The van der Waals surface area contributed by atoms with E-state index in [0.717, 1.165) is 7.11 Å². The Labute approximate surface area is 181 Å². The van der Waals surface area contributed by atoms with Crippen molar-refractivity contribution in [2.24, 2.45) is 16.1 Å². The number of nitrogens with zero attached hydrogens (tertiary/aromatic N) is 4. The standard InChI is InChI=1S/C19H13F6N5O3/c1-33-16(31)14-15(11-3-2-4-27-8-11)30(17(26)32,29-28-14)9-10-5-12(18(20,21)22)7-13(6-10)19(23,24)25/h2-8H,9H2,1H3,(H-,26,32)/p+1. The fraction of sp³-hybridized carbons (Fsp3) is 0.211. The average molecular weight is 474 g/mol. The monoisotopic (exact) mass is 474 g/mol. The maximum Gasteiger partial charge on any atom is 0.447 e. The largest absolute Gasteiger partial charge is 0.464 e. The molecule has 0 bridgehead atoms. The number of alkyl halides is 6. The Balaban J connectivity index is 2.25. The van der Waals surface area contributed by atoms with Gasteiger partial charge in [0.2, 0.25) is 11.4 Å². The fourth-order valence-electron chi connectivity index (χ4n) is 3.19. The number of methoxy groups -OCH3 is 1. The summed E-state index contributed by atoms with van der Waals surface area (Å²) in [5, 5.41) is 7.28. The lowest BCUT2D eigenvalue weighted by Crippen LogP contribution is -2.48. The highest BCUT2D eigenvalue weighted by molar-refractivity contribution is 5.97. The minimum Gasteiger partial charge on any atom is -0.464 e. The highest BCUT2D eigenvalue weighted by atomic mass is 19.4. The van der Waals surface area contributed by atoms with Crippen LogP contribution < -0.4 is 5.73 Å². The molecular formula is C19H14F6N5O3+. The highest BCUT2D eigenvalue weighted by Crippen LogP contribution is 2.42. The van der Waals surface area contributed by atoms with Gasteiger partial charge in [-0.3, -0.25) is 4.98 Å². The number of hydrogen-bond acceptors (Lipinski definition) is 6. The van der Waals surface area contributed by atoms with E-state index >= 15 is 0 Å². The average Bonchev–Trinajstić information content (AvgIpc) is 3.12. The smallest absolute Gasteiger partial charge is 0.447 e. The normalized spacial score (nSPS) is 18.5. The number of pyridine rings is 1. The van der Waals surface area contributed by atoms with Crippen LogP contribution in [0.3, 0.4) is 0 Å². The van der Waals surface area contributed by atoms with Gasteiger partial charge in [-0.2, -0.15) is 26.3 Å². The number of halogens is 6. The number of benzene rings is 1. The Bertz CT molecular complexity index is 1130. The summed E-state index contributed by atoms with van der Waals surface area (Å²) in [5.74, 6) is -1.06. The van der Waals surface area contributed by atoms with Crippen molar-refractivity contribution >= 4 is 17.7 Å². The molecule has 2 aromatic rings. The van der Waals surface area contributed by atoms with Crippen LogP contribution in [0.2, 0.25) is 0 Å². The number of urea groups is 1. The molecule has 2 heterocycles. The van der Waals surface area contributed by atoms with Gasteiger partial charge in [0.05, 0.1) is 23.8 Å². The number of rotatable bonds is 4. The van der Waals surface area contributed by atoms with Crippen LogP contribution in [0.1, 0.15) is 22.3 Å². The zero-order valence-corrected chi connectivity index (χ0v) is 16.6. The molecular weight excluding hydrogens is 460 g/mol. The van der Waals surface area contributed by atoms with Crippen LogP contribution in [-0.4, -0.2) is 28.7 Å². The lowest BCUT2D eigenvalue weighted by atomic mass is 10.0. The summed E-state index contributed by atoms with van der Waals surface area (Å²) in [6.07, 6.45) is -7.68. The molecule has 8 nitrogen and oxygen atoms in total. The van der Waals surface area contributed by atoms with Gasteiger partial charge in [0, 0.05) is 23.2 Å². The summed E-state index contributed by atoms with van der Waals surface area (Å²) in [4.78, 5) is 28.6. The SMILES string of the molecule is COC(=O)C1=C(c2cccnc2)[N+](Cc2cc(C(F)(F)F)cc(C(F)(F)F)c2)(C(N)=O)N=N1. The molecule has 1 aliphatic heterocycles. The van der Waals surface area contributed by atoms with Crippen molar-refractivity contribution in [3.8, 4) is 0 Å². The minimum atomic E-state index is -5.11. The van der Waals surface area contributed by atoms with E-state index in [-0.39, 0.29) is 17.3 Å². The van der Waals surface area contributed by atoms with Crippen LogP contribution in [0.15, 0.2) is 58.8 Å². The second-order valence-corrected chi connectivity index (χ2v) is 6.80.